The maximum Gasteiger partial charge on any atom is 0.410 e. The zero-order chi connectivity index (χ0) is 11.1. The van der Waals surface area contributed by atoms with Crippen molar-refractivity contribution in [1.29, 1.82) is 0 Å². The summed E-state index contributed by atoms with van der Waals surface area (Å²) in [5.74, 6) is 0. The third-order valence-electron chi connectivity index (χ3n) is 2.87. The molecule has 2 heterocycles. The summed E-state index contributed by atoms with van der Waals surface area (Å²) in [6, 6.07) is 0.965. The molecule has 2 fully saturated rings. The number of nitrogens with zero attached hydrogens (tertiary/aromatic N) is 1. The smallest absolute Gasteiger partial charge is 0.410 e. The Morgan fingerprint density at radius 3 is 2.19 bits per heavy atom. The summed E-state index contributed by atoms with van der Waals surface area (Å²) in [5, 5.41) is 3.49. The Balaban J connectivity index is 0.00000128. The summed E-state index contributed by atoms with van der Waals surface area (Å²) in [6.45, 7) is 7.31. The van der Waals surface area contributed by atoms with Gasteiger partial charge in [-0.1, -0.05) is 0 Å². The molecule has 0 aromatic heterocycles. The lowest BCUT2D eigenvalue weighted by molar-refractivity contribution is 0.0189. The number of hydrogen-bond donors (Lipinski definition) is 1. The van der Waals surface area contributed by atoms with Gasteiger partial charge in [0.2, 0.25) is 0 Å². The van der Waals surface area contributed by atoms with Gasteiger partial charge in [0.25, 0.3) is 0 Å². The van der Waals surface area contributed by atoms with Crippen LogP contribution < -0.4 is 5.32 Å². The van der Waals surface area contributed by atoms with E-state index in [4.69, 9.17) is 4.74 Å². The second-order valence-electron chi connectivity index (χ2n) is 5.52. The molecule has 0 radical (unpaired) electrons. The number of halogens is 1. The molecule has 0 aromatic carbocycles. The number of fused-ring (bicyclic) bond motifs is 2. The van der Waals surface area contributed by atoms with Crippen molar-refractivity contribution < 1.29 is 9.53 Å². The topological polar surface area (TPSA) is 41.6 Å². The molecule has 2 aliphatic rings. The summed E-state index contributed by atoms with van der Waals surface area (Å²) >= 11 is 0. The average molecular weight is 249 g/mol. The van der Waals surface area contributed by atoms with Crippen LogP contribution in [0.1, 0.15) is 33.6 Å². The van der Waals surface area contributed by atoms with Gasteiger partial charge in [0, 0.05) is 25.2 Å². The van der Waals surface area contributed by atoms with Crippen LogP contribution >= 0.6 is 12.4 Å². The van der Waals surface area contributed by atoms with E-state index in [1.807, 2.05) is 25.7 Å². The fraction of sp³-hybridized carbons (Fsp3) is 0.909. The zero-order valence-corrected chi connectivity index (χ0v) is 11.0. The van der Waals surface area contributed by atoms with Crippen molar-refractivity contribution in [3.63, 3.8) is 0 Å². The molecule has 0 aliphatic carbocycles. The molecule has 94 valence electrons. The van der Waals surface area contributed by atoms with Crippen LogP contribution in [0.15, 0.2) is 0 Å². The van der Waals surface area contributed by atoms with Crippen LogP contribution in [0.4, 0.5) is 4.79 Å². The van der Waals surface area contributed by atoms with Crippen molar-refractivity contribution in [2.24, 2.45) is 0 Å². The molecule has 16 heavy (non-hydrogen) atoms. The first-order valence-electron chi connectivity index (χ1n) is 5.68. The first kappa shape index (κ1) is 13.6. The van der Waals surface area contributed by atoms with Gasteiger partial charge in [0.1, 0.15) is 5.60 Å². The molecule has 2 saturated heterocycles. The van der Waals surface area contributed by atoms with E-state index in [2.05, 4.69) is 5.32 Å². The van der Waals surface area contributed by atoms with E-state index in [0.717, 1.165) is 13.1 Å². The van der Waals surface area contributed by atoms with Crippen LogP contribution in [0.2, 0.25) is 0 Å². The van der Waals surface area contributed by atoms with Gasteiger partial charge in [-0.3, -0.25) is 0 Å². The van der Waals surface area contributed by atoms with Crippen LogP contribution in [0.3, 0.4) is 0 Å². The van der Waals surface area contributed by atoms with Crippen LogP contribution in [0.25, 0.3) is 0 Å². The van der Waals surface area contributed by atoms with Gasteiger partial charge in [-0.25, -0.2) is 4.79 Å². The Hall–Kier alpha value is -0.480. The minimum Gasteiger partial charge on any atom is -0.444 e. The number of rotatable bonds is 0. The van der Waals surface area contributed by atoms with Crippen molar-refractivity contribution in [2.45, 2.75) is 51.3 Å². The Bertz CT molecular complexity index is 253. The highest BCUT2D eigenvalue weighted by Crippen LogP contribution is 2.21. The van der Waals surface area contributed by atoms with Crippen LogP contribution in [-0.2, 0) is 4.74 Å². The summed E-state index contributed by atoms with van der Waals surface area (Å²) in [5.41, 5.74) is -0.388. The monoisotopic (exact) mass is 248 g/mol. The molecular weight excluding hydrogens is 228 g/mol. The SMILES string of the molecule is CC(C)(C)OC(=O)N1CC2CCC(C1)N2.Cl. The van der Waals surface area contributed by atoms with E-state index in [9.17, 15) is 4.79 Å². The predicted octanol–water partition coefficient (Wildman–Crippen LogP) is 1.78. The molecule has 1 amide bonds. The van der Waals surface area contributed by atoms with Crippen molar-refractivity contribution in [3.8, 4) is 0 Å². The maximum absolute atomic E-state index is 11.8. The third kappa shape index (κ3) is 3.25. The standard InChI is InChI=1S/C11H20N2O2.ClH/c1-11(2,3)15-10(14)13-6-8-4-5-9(7-13)12-8;/h8-9,12H,4-7H2,1-3H3;1H. The van der Waals surface area contributed by atoms with E-state index in [0.29, 0.717) is 12.1 Å². The molecule has 1 N–H and O–H groups in total. The Morgan fingerprint density at radius 2 is 1.75 bits per heavy atom. The lowest BCUT2D eigenvalue weighted by Gasteiger charge is -2.34. The number of carbonyl (C=O) groups excluding carboxylic acids is 1. The first-order valence-corrected chi connectivity index (χ1v) is 5.68. The molecule has 4 nitrogen and oxygen atoms in total. The third-order valence-corrected chi connectivity index (χ3v) is 2.87. The van der Waals surface area contributed by atoms with Crippen molar-refractivity contribution in [2.75, 3.05) is 13.1 Å². The fourth-order valence-electron chi connectivity index (χ4n) is 2.27. The molecular formula is C11H21ClN2O2. The van der Waals surface area contributed by atoms with Crippen LogP contribution in [0.5, 0.6) is 0 Å². The second kappa shape index (κ2) is 4.80. The quantitative estimate of drug-likeness (QED) is 0.711. The normalized spacial score (nSPS) is 28.6. The van der Waals surface area contributed by atoms with Gasteiger partial charge in [-0.15, -0.1) is 12.4 Å². The van der Waals surface area contributed by atoms with E-state index in [1.165, 1.54) is 12.8 Å². The summed E-state index contributed by atoms with van der Waals surface area (Å²) < 4.78 is 5.36. The first-order chi connectivity index (χ1) is 6.94. The van der Waals surface area contributed by atoms with E-state index >= 15 is 0 Å². The predicted molar refractivity (Wildman–Crippen MR) is 65.0 cm³/mol. The number of carbonyl (C=O) groups is 1. The van der Waals surface area contributed by atoms with E-state index in [1.54, 1.807) is 0 Å². The number of ether oxygens (including phenoxy) is 1. The van der Waals surface area contributed by atoms with Crippen LogP contribution in [-0.4, -0.2) is 41.8 Å². The lowest BCUT2D eigenvalue weighted by Crippen LogP contribution is -2.53. The van der Waals surface area contributed by atoms with Gasteiger partial charge < -0.3 is 15.0 Å². The van der Waals surface area contributed by atoms with Crippen molar-refractivity contribution in [1.82, 2.24) is 10.2 Å². The van der Waals surface area contributed by atoms with Gasteiger partial charge in [-0.05, 0) is 33.6 Å². The molecule has 0 aromatic rings. The highest BCUT2D eigenvalue weighted by Gasteiger charge is 2.35. The zero-order valence-electron chi connectivity index (χ0n) is 10.2. The summed E-state index contributed by atoms with van der Waals surface area (Å²) in [4.78, 5) is 13.6. The highest BCUT2D eigenvalue weighted by atomic mass is 35.5. The van der Waals surface area contributed by atoms with E-state index in [-0.39, 0.29) is 24.1 Å². The average Bonchev–Trinajstić information content (AvgIpc) is 2.42. The van der Waals surface area contributed by atoms with Gasteiger partial charge in [0.15, 0.2) is 0 Å². The van der Waals surface area contributed by atoms with Crippen LogP contribution in [0, 0.1) is 0 Å². The van der Waals surface area contributed by atoms with Gasteiger partial charge >= 0.3 is 6.09 Å². The number of piperazine rings is 1. The van der Waals surface area contributed by atoms with Gasteiger partial charge in [-0.2, -0.15) is 0 Å². The Morgan fingerprint density at radius 1 is 1.25 bits per heavy atom. The molecule has 2 aliphatic heterocycles. The highest BCUT2D eigenvalue weighted by molar-refractivity contribution is 5.85. The van der Waals surface area contributed by atoms with Gasteiger partial charge in [0.05, 0.1) is 0 Å². The Labute approximate surface area is 103 Å². The molecule has 0 saturated carbocycles. The minimum absolute atomic E-state index is 0. The maximum atomic E-state index is 11.8. The summed E-state index contributed by atoms with van der Waals surface area (Å²) in [7, 11) is 0. The largest absolute Gasteiger partial charge is 0.444 e. The lowest BCUT2D eigenvalue weighted by atomic mass is 10.2. The number of nitrogens with one attached hydrogen (secondary N) is 1. The molecule has 0 spiro atoms. The summed E-state index contributed by atoms with van der Waals surface area (Å²) in [6.07, 6.45) is 2.20. The fourth-order valence-corrected chi connectivity index (χ4v) is 2.27. The number of hydrogen-bond acceptors (Lipinski definition) is 3. The minimum atomic E-state index is -0.388. The number of likely N-dealkylation sites (tertiary alicyclic amines) is 1. The number of amides is 1. The van der Waals surface area contributed by atoms with E-state index < -0.39 is 0 Å². The molecule has 2 rings (SSSR count). The molecule has 5 heteroatoms. The van der Waals surface area contributed by atoms with Crippen molar-refractivity contribution >= 4 is 18.5 Å². The molecule has 2 atom stereocenters. The van der Waals surface area contributed by atoms with Crippen molar-refractivity contribution in [3.05, 3.63) is 0 Å². The molecule has 2 unspecified atom stereocenters. The molecule has 2 bridgehead atoms. The second-order valence-corrected chi connectivity index (χ2v) is 5.52. The Kier molecular flexibility index (Phi) is 4.07.